The average Bonchev–Trinajstić information content (AvgIpc) is 2.87. The molecule has 7 heteroatoms. The van der Waals surface area contributed by atoms with Gasteiger partial charge in [-0.3, -0.25) is 9.78 Å². The van der Waals surface area contributed by atoms with Crippen molar-refractivity contribution in [3.63, 3.8) is 0 Å². The number of nitrogens with zero attached hydrogens (tertiary/aromatic N) is 2. The number of anilines is 1. The minimum absolute atomic E-state index is 0.117. The fraction of sp³-hybridized carbons (Fsp3) is 0.357. The van der Waals surface area contributed by atoms with E-state index < -0.39 is 0 Å². The maximum Gasteiger partial charge on any atom is 0.263 e. The van der Waals surface area contributed by atoms with Crippen molar-refractivity contribution >= 4 is 22.4 Å². The summed E-state index contributed by atoms with van der Waals surface area (Å²) in [5, 5.41) is 6.74. The number of ether oxygens (including phenoxy) is 1. The molecule has 0 bridgehead atoms. The summed E-state index contributed by atoms with van der Waals surface area (Å²) >= 11 is 1.35. The number of rotatable bonds is 7. The first-order valence-electron chi connectivity index (χ1n) is 6.58. The molecule has 0 spiro atoms. The molecule has 0 aliphatic carbocycles. The summed E-state index contributed by atoms with van der Waals surface area (Å²) in [5.74, 6) is -0.117. The molecule has 2 aromatic rings. The summed E-state index contributed by atoms with van der Waals surface area (Å²) in [6.45, 7) is 3.55. The highest BCUT2D eigenvalue weighted by Gasteiger charge is 2.14. The van der Waals surface area contributed by atoms with Gasteiger partial charge in [-0.1, -0.05) is 17.4 Å². The van der Waals surface area contributed by atoms with Crippen LogP contribution in [0.3, 0.4) is 0 Å². The number of nitrogens with one attached hydrogen (secondary N) is 2. The number of aryl methyl sites for hydroxylation is 1. The van der Waals surface area contributed by atoms with E-state index in [4.69, 9.17) is 4.74 Å². The second kappa shape index (κ2) is 7.70. The second-order valence-electron chi connectivity index (χ2n) is 4.40. The van der Waals surface area contributed by atoms with Gasteiger partial charge >= 0.3 is 0 Å². The third kappa shape index (κ3) is 4.51. The number of carbonyl (C=O) groups is 1. The van der Waals surface area contributed by atoms with Crippen molar-refractivity contribution in [3.8, 4) is 0 Å². The Bertz CT molecular complexity index is 586. The highest BCUT2D eigenvalue weighted by molar-refractivity contribution is 7.17. The number of amides is 1. The van der Waals surface area contributed by atoms with Crippen LogP contribution in [0.15, 0.2) is 24.5 Å². The number of carbonyl (C=O) groups excluding carboxylic acids is 1. The standard InChI is InChI=1S/C14H18N4O2S/c1-10-12(21-14(18-10)16-6-7-20-2)13(19)17-9-11-4-3-5-15-8-11/h3-5,8H,6-7,9H2,1-2H3,(H,16,18)(H,17,19). The molecule has 112 valence electrons. The molecule has 2 N–H and O–H groups in total. The summed E-state index contributed by atoms with van der Waals surface area (Å²) < 4.78 is 4.96. The van der Waals surface area contributed by atoms with Gasteiger partial charge in [-0.25, -0.2) is 4.98 Å². The summed E-state index contributed by atoms with van der Waals surface area (Å²) in [7, 11) is 1.64. The zero-order chi connectivity index (χ0) is 15.1. The predicted molar refractivity (Wildman–Crippen MR) is 82.6 cm³/mol. The first kappa shape index (κ1) is 15.4. The van der Waals surface area contributed by atoms with Crippen LogP contribution in [0.2, 0.25) is 0 Å². The van der Waals surface area contributed by atoms with Crippen molar-refractivity contribution in [2.45, 2.75) is 13.5 Å². The van der Waals surface area contributed by atoms with E-state index in [1.54, 1.807) is 19.5 Å². The molecule has 0 aliphatic rings. The van der Waals surface area contributed by atoms with E-state index in [9.17, 15) is 4.79 Å². The molecule has 0 saturated heterocycles. The molecule has 0 saturated carbocycles. The lowest BCUT2D eigenvalue weighted by Gasteiger charge is -2.03. The molecule has 0 aliphatic heterocycles. The van der Waals surface area contributed by atoms with Crippen molar-refractivity contribution in [2.24, 2.45) is 0 Å². The van der Waals surface area contributed by atoms with Gasteiger partial charge in [-0.15, -0.1) is 0 Å². The van der Waals surface area contributed by atoms with Crippen molar-refractivity contribution in [1.29, 1.82) is 0 Å². The van der Waals surface area contributed by atoms with Crippen molar-refractivity contribution in [3.05, 3.63) is 40.7 Å². The van der Waals surface area contributed by atoms with E-state index in [1.165, 1.54) is 11.3 Å². The molecule has 6 nitrogen and oxygen atoms in total. The van der Waals surface area contributed by atoms with Gasteiger partial charge in [0.05, 0.1) is 12.3 Å². The number of hydrogen-bond donors (Lipinski definition) is 2. The van der Waals surface area contributed by atoms with Gasteiger partial charge in [0.25, 0.3) is 5.91 Å². The molecule has 2 aromatic heterocycles. The van der Waals surface area contributed by atoms with E-state index in [-0.39, 0.29) is 5.91 Å². The Kier molecular flexibility index (Phi) is 5.65. The molecular weight excluding hydrogens is 288 g/mol. The maximum atomic E-state index is 12.2. The van der Waals surface area contributed by atoms with Crippen LogP contribution in [0.5, 0.6) is 0 Å². The fourth-order valence-electron chi connectivity index (χ4n) is 1.71. The van der Waals surface area contributed by atoms with Gasteiger partial charge < -0.3 is 15.4 Å². The Morgan fingerprint density at radius 3 is 3.05 bits per heavy atom. The van der Waals surface area contributed by atoms with Gasteiger partial charge in [-0.05, 0) is 18.6 Å². The Labute approximate surface area is 127 Å². The van der Waals surface area contributed by atoms with E-state index in [0.29, 0.717) is 24.6 Å². The highest BCUT2D eigenvalue weighted by Crippen LogP contribution is 2.22. The number of methoxy groups -OCH3 is 1. The van der Waals surface area contributed by atoms with Crippen molar-refractivity contribution in [2.75, 3.05) is 25.6 Å². The lowest BCUT2D eigenvalue weighted by atomic mass is 10.3. The molecule has 0 atom stereocenters. The number of pyridine rings is 1. The number of thiazole rings is 1. The zero-order valence-corrected chi connectivity index (χ0v) is 12.9. The molecule has 0 fully saturated rings. The number of aromatic nitrogens is 2. The minimum atomic E-state index is -0.117. The van der Waals surface area contributed by atoms with Crippen molar-refractivity contribution in [1.82, 2.24) is 15.3 Å². The Morgan fingerprint density at radius 1 is 1.48 bits per heavy atom. The monoisotopic (exact) mass is 306 g/mol. The van der Waals surface area contributed by atoms with E-state index in [2.05, 4.69) is 20.6 Å². The SMILES string of the molecule is COCCNc1nc(C)c(C(=O)NCc2cccnc2)s1. The zero-order valence-electron chi connectivity index (χ0n) is 12.0. The van der Waals surface area contributed by atoms with Crippen LogP contribution in [0, 0.1) is 6.92 Å². The quantitative estimate of drug-likeness (QED) is 0.763. The first-order chi connectivity index (χ1) is 10.2. The van der Waals surface area contributed by atoms with Gasteiger partial charge in [-0.2, -0.15) is 0 Å². The third-order valence-corrected chi connectivity index (χ3v) is 3.88. The molecule has 1 amide bonds. The van der Waals surface area contributed by atoms with E-state index in [1.807, 2.05) is 19.1 Å². The molecule has 0 radical (unpaired) electrons. The molecule has 2 heterocycles. The predicted octanol–water partition coefficient (Wildman–Crippen LogP) is 1.83. The fourth-order valence-corrected chi connectivity index (χ4v) is 2.62. The summed E-state index contributed by atoms with van der Waals surface area (Å²) in [5.41, 5.74) is 1.69. The van der Waals surface area contributed by atoms with Crippen LogP contribution in [0.25, 0.3) is 0 Å². The summed E-state index contributed by atoms with van der Waals surface area (Å²) in [6.07, 6.45) is 3.44. The smallest absolute Gasteiger partial charge is 0.263 e. The average molecular weight is 306 g/mol. The largest absolute Gasteiger partial charge is 0.383 e. The van der Waals surface area contributed by atoms with Crippen LogP contribution >= 0.6 is 11.3 Å². The molecule has 0 aromatic carbocycles. The maximum absolute atomic E-state index is 12.2. The molecule has 0 unspecified atom stereocenters. The summed E-state index contributed by atoms with van der Waals surface area (Å²) in [4.78, 5) is 21.1. The van der Waals surface area contributed by atoms with Gasteiger partial charge in [0.15, 0.2) is 5.13 Å². The normalized spacial score (nSPS) is 10.4. The first-order valence-corrected chi connectivity index (χ1v) is 7.39. The van der Waals surface area contributed by atoms with E-state index in [0.717, 1.165) is 16.4 Å². The molecule has 2 rings (SSSR count). The minimum Gasteiger partial charge on any atom is -0.383 e. The lowest BCUT2D eigenvalue weighted by Crippen LogP contribution is -2.22. The lowest BCUT2D eigenvalue weighted by molar-refractivity contribution is 0.0954. The van der Waals surface area contributed by atoms with Crippen LogP contribution in [-0.2, 0) is 11.3 Å². The van der Waals surface area contributed by atoms with Gasteiger partial charge in [0, 0.05) is 32.6 Å². The summed E-state index contributed by atoms with van der Waals surface area (Å²) in [6, 6.07) is 3.77. The Balaban J connectivity index is 1.92. The third-order valence-electron chi connectivity index (χ3n) is 2.76. The number of hydrogen-bond acceptors (Lipinski definition) is 6. The topological polar surface area (TPSA) is 76.1 Å². The molecular formula is C14H18N4O2S. The van der Waals surface area contributed by atoms with Crippen LogP contribution in [-0.4, -0.2) is 36.1 Å². The van der Waals surface area contributed by atoms with Crippen LogP contribution < -0.4 is 10.6 Å². The Morgan fingerprint density at radius 2 is 2.33 bits per heavy atom. The van der Waals surface area contributed by atoms with E-state index >= 15 is 0 Å². The van der Waals surface area contributed by atoms with Crippen molar-refractivity contribution < 1.29 is 9.53 Å². The van der Waals surface area contributed by atoms with Crippen LogP contribution in [0.1, 0.15) is 20.9 Å². The second-order valence-corrected chi connectivity index (χ2v) is 5.40. The van der Waals surface area contributed by atoms with Gasteiger partial charge in [0.2, 0.25) is 0 Å². The van der Waals surface area contributed by atoms with Gasteiger partial charge in [0.1, 0.15) is 4.88 Å². The molecule has 21 heavy (non-hydrogen) atoms. The highest BCUT2D eigenvalue weighted by atomic mass is 32.1. The Hall–Kier alpha value is -1.99. The van der Waals surface area contributed by atoms with Crippen LogP contribution in [0.4, 0.5) is 5.13 Å².